The van der Waals surface area contributed by atoms with Crippen molar-refractivity contribution in [2.24, 2.45) is 5.73 Å². The van der Waals surface area contributed by atoms with Crippen molar-refractivity contribution < 1.29 is 14.3 Å². The summed E-state index contributed by atoms with van der Waals surface area (Å²) >= 11 is 6.52. The van der Waals surface area contributed by atoms with Gasteiger partial charge in [-0.1, -0.05) is 36.4 Å². The number of amides is 2. The zero-order valence-corrected chi connectivity index (χ0v) is 24.6. The number of nitrogens with two attached hydrogens (primary N) is 1. The number of anilines is 4. The van der Waals surface area contributed by atoms with Gasteiger partial charge in [-0.15, -0.1) is 0 Å². The van der Waals surface area contributed by atoms with Gasteiger partial charge in [0.2, 0.25) is 17.8 Å². The molecule has 43 heavy (non-hydrogen) atoms. The number of rotatable bonds is 9. The van der Waals surface area contributed by atoms with Crippen LogP contribution in [0.1, 0.15) is 6.92 Å². The molecule has 4 heterocycles. The summed E-state index contributed by atoms with van der Waals surface area (Å²) in [5.41, 5.74) is 9.71. The molecule has 3 aromatic heterocycles. The van der Waals surface area contributed by atoms with E-state index in [1.54, 1.807) is 41.8 Å². The van der Waals surface area contributed by atoms with Crippen LogP contribution in [0.3, 0.4) is 0 Å². The Balaban J connectivity index is 1.48. The zero-order chi connectivity index (χ0) is 30.5. The van der Waals surface area contributed by atoms with E-state index in [1.807, 2.05) is 30.5 Å². The molecule has 0 spiro atoms. The Morgan fingerprint density at radius 1 is 1.16 bits per heavy atom. The first-order chi connectivity index (χ1) is 20.8. The van der Waals surface area contributed by atoms with Crippen LogP contribution < -0.4 is 26.0 Å². The number of hydrogen-bond acceptors (Lipinski definition) is 9. The van der Waals surface area contributed by atoms with Crippen LogP contribution in [-0.4, -0.2) is 75.6 Å². The Labute approximate surface area is 253 Å². The average Bonchev–Trinajstić information content (AvgIpc) is 3.45. The number of methoxy groups -OCH3 is 1. The molecule has 1 unspecified atom stereocenters. The van der Waals surface area contributed by atoms with E-state index in [0.717, 1.165) is 16.8 Å². The van der Waals surface area contributed by atoms with Gasteiger partial charge in [0.15, 0.2) is 0 Å². The number of allylic oxidation sites excluding steroid dienone is 2. The van der Waals surface area contributed by atoms with Gasteiger partial charge in [0.25, 0.3) is 0 Å². The predicted molar refractivity (Wildman–Crippen MR) is 168 cm³/mol. The number of aromatic nitrogens is 4. The summed E-state index contributed by atoms with van der Waals surface area (Å²) in [6.07, 6.45) is 9.53. The van der Waals surface area contributed by atoms with Crippen molar-refractivity contribution in [3.63, 3.8) is 0 Å². The Bertz CT molecular complexity index is 1690. The van der Waals surface area contributed by atoms with Crippen LogP contribution in [0.4, 0.5) is 23.0 Å². The minimum absolute atomic E-state index is 0.0914. The lowest BCUT2D eigenvalue weighted by atomic mass is 10.1. The highest BCUT2D eigenvalue weighted by Crippen LogP contribution is 2.39. The first-order valence-electron chi connectivity index (χ1n) is 13.6. The molecule has 4 N–H and O–H groups in total. The minimum Gasteiger partial charge on any atom is -0.494 e. The van der Waals surface area contributed by atoms with Crippen LogP contribution in [0.15, 0.2) is 73.7 Å². The van der Waals surface area contributed by atoms with Gasteiger partial charge in [0, 0.05) is 50.1 Å². The number of piperazine rings is 1. The normalized spacial score (nSPS) is 14.1. The van der Waals surface area contributed by atoms with Crippen LogP contribution in [0, 0.1) is 0 Å². The number of nitrogens with zero attached hydrogens (tertiary/aromatic N) is 6. The van der Waals surface area contributed by atoms with E-state index in [-0.39, 0.29) is 17.8 Å². The third-order valence-electron chi connectivity index (χ3n) is 6.95. The molecule has 1 aromatic carbocycles. The summed E-state index contributed by atoms with van der Waals surface area (Å²) in [5, 5.41) is 10.9. The van der Waals surface area contributed by atoms with Gasteiger partial charge in [-0.25, -0.2) is 14.5 Å². The molecule has 1 atom stereocenters. The molecule has 0 radical (unpaired) electrons. The van der Waals surface area contributed by atoms with Crippen LogP contribution in [0.25, 0.3) is 16.8 Å². The minimum atomic E-state index is -0.563. The third-order valence-corrected chi connectivity index (χ3v) is 7.23. The predicted octanol–water partition coefficient (Wildman–Crippen LogP) is 3.87. The molecule has 222 valence electrons. The van der Waals surface area contributed by atoms with Gasteiger partial charge in [-0.05, 0) is 25.1 Å². The molecule has 12 nitrogen and oxygen atoms in total. The van der Waals surface area contributed by atoms with Crippen LogP contribution in [0.5, 0.6) is 5.75 Å². The number of fused-ring (bicyclic) bond motifs is 1. The van der Waals surface area contributed by atoms with Crippen LogP contribution in [0.2, 0.25) is 5.02 Å². The standard InChI is InChI=1S/C30H32ClN9O3/c1-4-5-9-27(41)35-22-15-23(26(43-3)16-25(22)38-11-13-39(14-12-38)29(42)19(2)32)36-30-33-18-21(31)28(37-30)20-17-34-40-10-7-6-8-24(20)40/h4-10,15-19H,1,11-14,32H2,2-3H3,(H,35,41)(H,33,36,37)/b9-5-. The zero-order valence-electron chi connectivity index (χ0n) is 23.8. The highest BCUT2D eigenvalue weighted by Gasteiger charge is 2.26. The molecule has 1 aliphatic rings. The van der Waals surface area contributed by atoms with E-state index < -0.39 is 6.04 Å². The largest absolute Gasteiger partial charge is 0.494 e. The fourth-order valence-corrected chi connectivity index (χ4v) is 5.03. The molecule has 1 aliphatic heterocycles. The van der Waals surface area contributed by atoms with Crippen LogP contribution >= 0.6 is 11.6 Å². The van der Waals surface area contributed by atoms with Gasteiger partial charge in [-0.3, -0.25) is 9.59 Å². The molecular formula is C30H32ClN9O3. The van der Waals surface area contributed by atoms with Crippen molar-refractivity contribution in [2.45, 2.75) is 13.0 Å². The second-order valence-electron chi connectivity index (χ2n) is 9.86. The fraction of sp³-hybridized carbons (Fsp3) is 0.233. The molecule has 0 aliphatic carbocycles. The highest BCUT2D eigenvalue weighted by molar-refractivity contribution is 6.33. The number of nitrogens with one attached hydrogen (secondary N) is 2. The van der Waals surface area contributed by atoms with Crippen molar-refractivity contribution >= 4 is 51.9 Å². The second kappa shape index (κ2) is 12.9. The average molecular weight is 602 g/mol. The number of ether oxygens (including phenoxy) is 1. The molecule has 1 fully saturated rings. The Morgan fingerprint density at radius 2 is 1.95 bits per heavy atom. The number of carbonyl (C=O) groups is 2. The maximum atomic E-state index is 12.7. The van der Waals surface area contributed by atoms with E-state index >= 15 is 0 Å². The molecule has 2 amide bonds. The Morgan fingerprint density at radius 3 is 2.67 bits per heavy atom. The topological polar surface area (TPSA) is 143 Å². The van der Waals surface area contributed by atoms with Gasteiger partial charge >= 0.3 is 0 Å². The third kappa shape index (κ3) is 6.45. The van der Waals surface area contributed by atoms with Crippen molar-refractivity contribution in [2.75, 3.05) is 48.8 Å². The number of benzene rings is 1. The first kappa shape index (κ1) is 29.5. The Hall–Kier alpha value is -4.94. The smallest absolute Gasteiger partial charge is 0.248 e. The monoisotopic (exact) mass is 601 g/mol. The lowest BCUT2D eigenvalue weighted by molar-refractivity contribution is -0.132. The van der Waals surface area contributed by atoms with E-state index in [4.69, 9.17) is 22.1 Å². The van der Waals surface area contributed by atoms with Gasteiger partial charge < -0.3 is 30.9 Å². The Kier molecular flexibility index (Phi) is 8.88. The number of hydrogen-bond donors (Lipinski definition) is 3. The van der Waals surface area contributed by atoms with Gasteiger partial charge in [0.1, 0.15) is 5.75 Å². The SMILES string of the molecule is C=C/C=C\C(=O)Nc1cc(Nc2ncc(Cl)c(-c3cnn4ccccc34)n2)c(OC)cc1N1CCN(C(=O)C(C)N)CC1. The summed E-state index contributed by atoms with van der Waals surface area (Å²) in [6.45, 7) is 7.39. The lowest BCUT2D eigenvalue weighted by Crippen LogP contribution is -2.52. The quantitative estimate of drug-likeness (QED) is 0.192. The summed E-state index contributed by atoms with van der Waals surface area (Å²) < 4.78 is 7.48. The fourth-order valence-electron chi connectivity index (χ4n) is 4.84. The number of halogens is 1. The van der Waals surface area contributed by atoms with Gasteiger partial charge in [0.05, 0.1) is 58.8 Å². The molecule has 13 heteroatoms. The number of pyridine rings is 1. The molecule has 5 rings (SSSR count). The molecule has 1 saturated heterocycles. The second-order valence-corrected chi connectivity index (χ2v) is 10.3. The van der Waals surface area contributed by atoms with Crippen molar-refractivity contribution in [1.82, 2.24) is 24.5 Å². The maximum Gasteiger partial charge on any atom is 0.248 e. The van der Waals surface area contributed by atoms with Gasteiger partial charge in [-0.2, -0.15) is 5.10 Å². The number of carbonyl (C=O) groups excluding carboxylic acids is 2. The maximum absolute atomic E-state index is 12.7. The van der Waals surface area contributed by atoms with E-state index in [2.05, 4.69) is 37.2 Å². The van der Waals surface area contributed by atoms with Crippen molar-refractivity contribution in [3.05, 3.63) is 78.8 Å². The molecule has 4 aromatic rings. The van der Waals surface area contributed by atoms with Crippen molar-refractivity contribution in [3.8, 4) is 17.0 Å². The summed E-state index contributed by atoms with van der Waals surface area (Å²) in [6, 6.07) is 8.76. The highest BCUT2D eigenvalue weighted by atomic mass is 35.5. The van der Waals surface area contributed by atoms with E-state index in [0.29, 0.717) is 54.0 Å². The molecule has 0 saturated carbocycles. The summed E-state index contributed by atoms with van der Waals surface area (Å²) in [7, 11) is 1.56. The van der Waals surface area contributed by atoms with Crippen LogP contribution in [-0.2, 0) is 9.59 Å². The summed E-state index contributed by atoms with van der Waals surface area (Å²) in [5.74, 6) is 0.347. The van der Waals surface area contributed by atoms with Crippen molar-refractivity contribution in [1.29, 1.82) is 0 Å². The lowest BCUT2D eigenvalue weighted by Gasteiger charge is -2.37. The van der Waals surface area contributed by atoms with E-state index in [9.17, 15) is 9.59 Å². The van der Waals surface area contributed by atoms with E-state index in [1.165, 1.54) is 18.3 Å². The summed E-state index contributed by atoms with van der Waals surface area (Å²) in [4.78, 5) is 38.1. The molecule has 0 bridgehead atoms. The molecular weight excluding hydrogens is 570 g/mol. The first-order valence-corrected chi connectivity index (χ1v) is 14.0.